The standard InChI is InChI=1S/C9H12O5/c1-6(9(12)14-3)4-7(5-13-2)8(10)11/h4-5H,1-3H3,(H,10,11). The molecule has 0 bridgehead atoms. The van der Waals surface area contributed by atoms with E-state index in [4.69, 9.17) is 5.11 Å². The number of rotatable bonds is 4. The number of hydrogen-bond donors (Lipinski definition) is 1. The van der Waals surface area contributed by atoms with Gasteiger partial charge in [-0.2, -0.15) is 0 Å². The van der Waals surface area contributed by atoms with Crippen molar-refractivity contribution in [1.29, 1.82) is 0 Å². The van der Waals surface area contributed by atoms with Crippen molar-refractivity contribution >= 4 is 11.9 Å². The molecule has 14 heavy (non-hydrogen) atoms. The number of methoxy groups -OCH3 is 2. The average molecular weight is 200 g/mol. The molecule has 0 amide bonds. The fourth-order valence-electron chi connectivity index (χ4n) is 0.726. The monoisotopic (exact) mass is 200 g/mol. The van der Waals surface area contributed by atoms with Crippen LogP contribution >= 0.6 is 0 Å². The molecule has 0 heterocycles. The summed E-state index contributed by atoms with van der Waals surface area (Å²) < 4.78 is 8.94. The van der Waals surface area contributed by atoms with Crippen molar-refractivity contribution in [2.24, 2.45) is 0 Å². The molecule has 0 radical (unpaired) electrons. The summed E-state index contributed by atoms with van der Waals surface area (Å²) >= 11 is 0. The quantitative estimate of drug-likeness (QED) is 0.313. The van der Waals surface area contributed by atoms with E-state index in [0.717, 1.165) is 6.26 Å². The van der Waals surface area contributed by atoms with Crippen LogP contribution in [0.15, 0.2) is 23.5 Å². The van der Waals surface area contributed by atoms with Crippen LogP contribution in [0.3, 0.4) is 0 Å². The maximum Gasteiger partial charge on any atom is 0.338 e. The lowest BCUT2D eigenvalue weighted by atomic mass is 10.2. The number of ether oxygens (including phenoxy) is 2. The van der Waals surface area contributed by atoms with Crippen molar-refractivity contribution in [3.63, 3.8) is 0 Å². The van der Waals surface area contributed by atoms with E-state index in [-0.39, 0.29) is 11.1 Å². The molecule has 0 aromatic rings. The molecule has 0 saturated heterocycles. The molecule has 0 rings (SSSR count). The molecule has 78 valence electrons. The van der Waals surface area contributed by atoms with Crippen LogP contribution in [0.1, 0.15) is 6.92 Å². The van der Waals surface area contributed by atoms with Crippen LogP contribution in [0.5, 0.6) is 0 Å². The van der Waals surface area contributed by atoms with E-state index < -0.39 is 11.9 Å². The largest absolute Gasteiger partial charge is 0.503 e. The summed E-state index contributed by atoms with van der Waals surface area (Å²) in [5.74, 6) is -1.75. The number of carboxylic acids is 1. The molecule has 0 fully saturated rings. The molecule has 1 N–H and O–H groups in total. The van der Waals surface area contributed by atoms with Gasteiger partial charge in [-0.25, -0.2) is 9.59 Å². The van der Waals surface area contributed by atoms with E-state index in [0.29, 0.717) is 0 Å². The molecule has 0 aliphatic heterocycles. The highest BCUT2D eigenvalue weighted by Gasteiger charge is 2.09. The Labute approximate surface area is 81.6 Å². The summed E-state index contributed by atoms with van der Waals surface area (Å²) in [6, 6.07) is 0. The Balaban J connectivity index is 4.82. The number of carbonyl (C=O) groups excluding carboxylic acids is 1. The molecule has 0 aliphatic carbocycles. The van der Waals surface area contributed by atoms with Crippen LogP contribution in [0.2, 0.25) is 0 Å². The van der Waals surface area contributed by atoms with Gasteiger partial charge in [0.15, 0.2) is 0 Å². The SMILES string of the molecule is COC=C(C=C(C)C(=O)OC)C(=O)O. The van der Waals surface area contributed by atoms with E-state index in [1.54, 1.807) is 0 Å². The molecule has 0 spiro atoms. The number of hydrogen-bond acceptors (Lipinski definition) is 4. The van der Waals surface area contributed by atoms with Gasteiger partial charge in [-0.1, -0.05) is 0 Å². The van der Waals surface area contributed by atoms with E-state index in [1.807, 2.05) is 0 Å². The Hall–Kier alpha value is -1.78. The lowest BCUT2D eigenvalue weighted by molar-refractivity contribution is -0.136. The van der Waals surface area contributed by atoms with Gasteiger partial charge in [0, 0.05) is 5.57 Å². The van der Waals surface area contributed by atoms with Crippen LogP contribution in [0, 0.1) is 0 Å². The maximum atomic E-state index is 10.9. The molecule has 0 aromatic carbocycles. The minimum atomic E-state index is -1.17. The fraction of sp³-hybridized carbons (Fsp3) is 0.333. The highest BCUT2D eigenvalue weighted by Crippen LogP contribution is 2.04. The zero-order valence-corrected chi connectivity index (χ0v) is 8.23. The third kappa shape index (κ3) is 3.75. The smallest absolute Gasteiger partial charge is 0.338 e. The van der Waals surface area contributed by atoms with E-state index >= 15 is 0 Å². The van der Waals surface area contributed by atoms with Crippen molar-refractivity contribution in [3.05, 3.63) is 23.5 Å². The summed E-state index contributed by atoms with van der Waals surface area (Å²) in [6.07, 6.45) is 2.21. The van der Waals surface area contributed by atoms with Gasteiger partial charge in [-0.3, -0.25) is 0 Å². The van der Waals surface area contributed by atoms with Gasteiger partial charge in [0.2, 0.25) is 0 Å². The zero-order valence-electron chi connectivity index (χ0n) is 8.23. The van der Waals surface area contributed by atoms with Crippen molar-refractivity contribution in [2.75, 3.05) is 14.2 Å². The van der Waals surface area contributed by atoms with Gasteiger partial charge >= 0.3 is 11.9 Å². The van der Waals surface area contributed by atoms with Gasteiger partial charge in [0.05, 0.1) is 26.1 Å². The van der Waals surface area contributed by atoms with Crippen LogP contribution in [0.4, 0.5) is 0 Å². The minimum absolute atomic E-state index is 0.115. The van der Waals surface area contributed by atoms with Crippen LogP contribution in [-0.2, 0) is 19.1 Å². The number of esters is 1. The first-order chi connectivity index (χ1) is 6.52. The van der Waals surface area contributed by atoms with Crippen LogP contribution in [0.25, 0.3) is 0 Å². The lowest BCUT2D eigenvalue weighted by Crippen LogP contribution is -2.05. The second-order valence-electron chi connectivity index (χ2n) is 2.43. The molecule has 0 saturated carbocycles. The summed E-state index contributed by atoms with van der Waals surface area (Å²) in [5, 5.41) is 8.66. The summed E-state index contributed by atoms with van der Waals surface area (Å²) in [5.41, 5.74) is 0.0774. The van der Waals surface area contributed by atoms with Gasteiger partial charge in [-0.05, 0) is 13.0 Å². The average Bonchev–Trinajstić information content (AvgIpc) is 2.15. The molecule has 0 aromatic heterocycles. The second kappa shape index (κ2) is 5.80. The van der Waals surface area contributed by atoms with Crippen LogP contribution in [-0.4, -0.2) is 31.3 Å². The van der Waals surface area contributed by atoms with Gasteiger partial charge in [0.1, 0.15) is 0 Å². The minimum Gasteiger partial charge on any atom is -0.503 e. The maximum absolute atomic E-state index is 10.9. The summed E-state index contributed by atoms with van der Waals surface area (Å²) in [4.78, 5) is 21.5. The first-order valence-electron chi connectivity index (χ1n) is 3.75. The molecule has 0 atom stereocenters. The highest BCUT2D eigenvalue weighted by molar-refractivity contribution is 5.94. The molecule has 0 aliphatic rings. The van der Waals surface area contributed by atoms with Crippen molar-refractivity contribution < 1.29 is 24.2 Å². The Morgan fingerprint density at radius 2 is 1.86 bits per heavy atom. The Bertz CT molecular complexity index is 288. The van der Waals surface area contributed by atoms with Crippen molar-refractivity contribution in [3.8, 4) is 0 Å². The van der Waals surface area contributed by atoms with Gasteiger partial charge in [0.25, 0.3) is 0 Å². The predicted octanol–water partition coefficient (Wildman–Crippen LogP) is 0.721. The Morgan fingerprint density at radius 3 is 2.21 bits per heavy atom. The third-order valence-electron chi connectivity index (χ3n) is 1.37. The fourth-order valence-corrected chi connectivity index (χ4v) is 0.726. The molecule has 0 unspecified atom stereocenters. The Kier molecular flexibility index (Phi) is 5.06. The number of carbonyl (C=O) groups is 2. The van der Waals surface area contributed by atoms with E-state index in [2.05, 4.69) is 9.47 Å². The van der Waals surface area contributed by atoms with Crippen molar-refractivity contribution in [1.82, 2.24) is 0 Å². The molecule has 5 heteroatoms. The molecule has 5 nitrogen and oxygen atoms in total. The topological polar surface area (TPSA) is 72.8 Å². The van der Waals surface area contributed by atoms with Gasteiger partial charge in [-0.15, -0.1) is 0 Å². The third-order valence-corrected chi connectivity index (χ3v) is 1.37. The molecular weight excluding hydrogens is 188 g/mol. The Morgan fingerprint density at radius 1 is 1.29 bits per heavy atom. The van der Waals surface area contributed by atoms with Crippen LogP contribution < -0.4 is 0 Å². The predicted molar refractivity (Wildman–Crippen MR) is 48.5 cm³/mol. The second-order valence-corrected chi connectivity index (χ2v) is 2.43. The highest BCUT2D eigenvalue weighted by atomic mass is 16.5. The number of carboxylic acid groups (broad SMARTS) is 1. The summed E-state index contributed by atoms with van der Waals surface area (Å²) in [7, 11) is 2.55. The zero-order chi connectivity index (χ0) is 11.1. The normalized spacial score (nSPS) is 12.2. The number of aliphatic carboxylic acids is 1. The van der Waals surface area contributed by atoms with E-state index in [1.165, 1.54) is 27.2 Å². The van der Waals surface area contributed by atoms with E-state index in [9.17, 15) is 9.59 Å². The molecular formula is C9H12O5. The summed E-state index contributed by atoms with van der Waals surface area (Å²) in [6.45, 7) is 1.46. The lowest BCUT2D eigenvalue weighted by Gasteiger charge is -1.99. The first kappa shape index (κ1) is 12.2. The van der Waals surface area contributed by atoms with Crippen molar-refractivity contribution in [2.45, 2.75) is 6.92 Å². The first-order valence-corrected chi connectivity index (χ1v) is 3.75. The van der Waals surface area contributed by atoms with Gasteiger partial charge < -0.3 is 14.6 Å².